The quantitative estimate of drug-likeness (QED) is 0.910. The van der Waals surface area contributed by atoms with Crippen LogP contribution in [0.5, 0.6) is 0 Å². The summed E-state index contributed by atoms with van der Waals surface area (Å²) in [5.74, 6) is 0. The highest BCUT2D eigenvalue weighted by molar-refractivity contribution is 7.12. The van der Waals surface area contributed by atoms with Gasteiger partial charge >= 0.3 is 0 Å². The van der Waals surface area contributed by atoms with E-state index in [-0.39, 0.29) is 0 Å². The molecule has 0 saturated carbocycles. The Bertz CT molecular complexity index is 651. The number of nitrogens with two attached hydrogens (primary N) is 1. The first-order valence-corrected chi connectivity index (χ1v) is 6.98. The van der Waals surface area contributed by atoms with Gasteiger partial charge in [0.15, 0.2) is 0 Å². The van der Waals surface area contributed by atoms with E-state index in [9.17, 15) is 5.26 Å². The second-order valence-corrected chi connectivity index (χ2v) is 5.82. The Morgan fingerprint density at radius 3 is 2.26 bits per heavy atom. The first-order valence-electron chi connectivity index (χ1n) is 6.17. The number of hydrogen-bond donors (Lipinski definition) is 1. The zero-order valence-electron chi connectivity index (χ0n) is 11.7. The molecule has 0 atom stereocenters. The standard InChI is InChI=1S/C15H17N3S/c1-8-5-9(2)11(4)14(10(8)3)15-12(6-16)19-13(7-17)18-15/h5H,7,17H2,1-4H3. The first-order chi connectivity index (χ1) is 8.99. The molecule has 4 heteroatoms. The summed E-state index contributed by atoms with van der Waals surface area (Å²) < 4.78 is 0. The van der Waals surface area contributed by atoms with Crippen LogP contribution in [0.1, 0.15) is 32.1 Å². The Morgan fingerprint density at radius 1 is 1.21 bits per heavy atom. The molecule has 2 N–H and O–H groups in total. The van der Waals surface area contributed by atoms with Gasteiger partial charge in [0.05, 0.1) is 0 Å². The summed E-state index contributed by atoms with van der Waals surface area (Å²) in [6, 6.07) is 4.42. The third kappa shape index (κ3) is 2.27. The molecule has 0 fully saturated rings. The molecule has 1 aromatic heterocycles. The Kier molecular flexibility index (Phi) is 3.70. The summed E-state index contributed by atoms with van der Waals surface area (Å²) in [6.45, 7) is 8.72. The molecule has 19 heavy (non-hydrogen) atoms. The molecular formula is C15H17N3S. The molecule has 0 bridgehead atoms. The number of aryl methyl sites for hydroxylation is 2. The van der Waals surface area contributed by atoms with Gasteiger partial charge in [0.2, 0.25) is 0 Å². The highest BCUT2D eigenvalue weighted by Gasteiger charge is 2.18. The van der Waals surface area contributed by atoms with Gasteiger partial charge in [-0.25, -0.2) is 4.98 Å². The lowest BCUT2D eigenvalue weighted by molar-refractivity contribution is 1.04. The largest absolute Gasteiger partial charge is 0.325 e. The van der Waals surface area contributed by atoms with Crippen molar-refractivity contribution in [1.82, 2.24) is 4.98 Å². The van der Waals surface area contributed by atoms with Crippen LogP contribution in [0.15, 0.2) is 6.07 Å². The zero-order chi connectivity index (χ0) is 14.2. The molecule has 1 heterocycles. The number of hydrogen-bond acceptors (Lipinski definition) is 4. The maximum Gasteiger partial charge on any atom is 0.132 e. The van der Waals surface area contributed by atoms with Gasteiger partial charge in [-0.05, 0) is 49.9 Å². The van der Waals surface area contributed by atoms with Crippen LogP contribution in [-0.4, -0.2) is 4.98 Å². The Morgan fingerprint density at radius 2 is 1.79 bits per heavy atom. The predicted octanol–water partition coefficient (Wildman–Crippen LogP) is 3.37. The number of benzene rings is 1. The molecule has 0 amide bonds. The number of rotatable bonds is 2. The van der Waals surface area contributed by atoms with Crippen LogP contribution in [0.4, 0.5) is 0 Å². The van der Waals surface area contributed by atoms with Crippen molar-refractivity contribution in [1.29, 1.82) is 5.26 Å². The van der Waals surface area contributed by atoms with Crippen LogP contribution in [0.2, 0.25) is 0 Å². The second kappa shape index (κ2) is 5.12. The van der Waals surface area contributed by atoms with E-state index >= 15 is 0 Å². The highest BCUT2D eigenvalue weighted by atomic mass is 32.1. The Hall–Kier alpha value is -1.70. The van der Waals surface area contributed by atoms with E-state index in [0.717, 1.165) is 16.3 Å². The minimum absolute atomic E-state index is 0.377. The molecule has 98 valence electrons. The van der Waals surface area contributed by atoms with Gasteiger partial charge in [-0.1, -0.05) is 6.07 Å². The van der Waals surface area contributed by atoms with E-state index < -0.39 is 0 Å². The van der Waals surface area contributed by atoms with Crippen molar-refractivity contribution in [3.63, 3.8) is 0 Å². The molecule has 0 aliphatic rings. The van der Waals surface area contributed by atoms with Gasteiger partial charge in [-0.15, -0.1) is 11.3 Å². The first kappa shape index (κ1) is 13.7. The van der Waals surface area contributed by atoms with Crippen molar-refractivity contribution in [2.75, 3.05) is 0 Å². The van der Waals surface area contributed by atoms with Gasteiger partial charge in [0.25, 0.3) is 0 Å². The third-order valence-electron chi connectivity index (χ3n) is 3.55. The molecule has 0 radical (unpaired) electrons. The van der Waals surface area contributed by atoms with Crippen molar-refractivity contribution in [2.45, 2.75) is 34.2 Å². The lowest BCUT2D eigenvalue weighted by Gasteiger charge is -2.13. The molecule has 3 nitrogen and oxygen atoms in total. The number of thiazole rings is 1. The maximum absolute atomic E-state index is 9.29. The number of nitrogens with zero attached hydrogens (tertiary/aromatic N) is 2. The Balaban J connectivity index is 2.79. The maximum atomic E-state index is 9.29. The molecule has 0 spiro atoms. The molecule has 0 aliphatic heterocycles. The average molecular weight is 271 g/mol. The fourth-order valence-electron chi connectivity index (χ4n) is 2.27. The molecule has 2 aromatic rings. The minimum atomic E-state index is 0.377. The molecular weight excluding hydrogens is 254 g/mol. The number of nitriles is 1. The summed E-state index contributed by atoms with van der Waals surface area (Å²) in [6.07, 6.45) is 0. The van der Waals surface area contributed by atoms with Crippen LogP contribution >= 0.6 is 11.3 Å². The SMILES string of the molecule is Cc1cc(C)c(C)c(-c2nc(CN)sc2C#N)c1C. The van der Waals surface area contributed by atoms with Crippen molar-refractivity contribution in [3.8, 4) is 17.3 Å². The van der Waals surface area contributed by atoms with Crippen LogP contribution in [0.3, 0.4) is 0 Å². The summed E-state index contributed by atoms with van der Waals surface area (Å²) >= 11 is 1.39. The summed E-state index contributed by atoms with van der Waals surface area (Å²) in [5.41, 5.74) is 12.3. The van der Waals surface area contributed by atoms with E-state index in [2.05, 4.69) is 44.8 Å². The van der Waals surface area contributed by atoms with E-state index in [4.69, 9.17) is 5.73 Å². The summed E-state index contributed by atoms with van der Waals surface area (Å²) in [7, 11) is 0. The van der Waals surface area contributed by atoms with Crippen LogP contribution < -0.4 is 5.73 Å². The molecule has 2 rings (SSSR count). The topological polar surface area (TPSA) is 62.7 Å². The Labute approximate surface area is 117 Å². The average Bonchev–Trinajstić information content (AvgIpc) is 2.80. The van der Waals surface area contributed by atoms with Gasteiger partial charge < -0.3 is 5.73 Å². The van der Waals surface area contributed by atoms with E-state index in [0.29, 0.717) is 11.4 Å². The van der Waals surface area contributed by atoms with E-state index in [1.807, 2.05) is 0 Å². The van der Waals surface area contributed by atoms with Crippen molar-refractivity contribution in [2.24, 2.45) is 5.73 Å². The second-order valence-electron chi connectivity index (χ2n) is 4.74. The van der Waals surface area contributed by atoms with Crippen LogP contribution in [0, 0.1) is 39.0 Å². The van der Waals surface area contributed by atoms with Gasteiger partial charge in [-0.2, -0.15) is 5.26 Å². The molecule has 0 aliphatic carbocycles. The van der Waals surface area contributed by atoms with Crippen molar-refractivity contribution < 1.29 is 0 Å². The van der Waals surface area contributed by atoms with E-state index in [1.165, 1.54) is 33.6 Å². The zero-order valence-corrected chi connectivity index (χ0v) is 12.5. The highest BCUT2D eigenvalue weighted by Crippen LogP contribution is 2.35. The van der Waals surface area contributed by atoms with Crippen LogP contribution in [0.25, 0.3) is 11.3 Å². The summed E-state index contributed by atoms with van der Waals surface area (Å²) in [5, 5.41) is 10.1. The van der Waals surface area contributed by atoms with Crippen molar-refractivity contribution >= 4 is 11.3 Å². The van der Waals surface area contributed by atoms with Crippen LogP contribution in [-0.2, 0) is 6.54 Å². The molecule has 1 aromatic carbocycles. The lowest BCUT2D eigenvalue weighted by Crippen LogP contribution is -1.98. The predicted molar refractivity (Wildman–Crippen MR) is 79.1 cm³/mol. The summed E-state index contributed by atoms with van der Waals surface area (Å²) in [4.78, 5) is 5.19. The lowest BCUT2D eigenvalue weighted by atomic mass is 9.92. The number of aromatic nitrogens is 1. The minimum Gasteiger partial charge on any atom is -0.325 e. The van der Waals surface area contributed by atoms with Crippen molar-refractivity contribution in [3.05, 3.63) is 38.2 Å². The van der Waals surface area contributed by atoms with Gasteiger partial charge in [0.1, 0.15) is 21.6 Å². The van der Waals surface area contributed by atoms with Gasteiger partial charge in [-0.3, -0.25) is 0 Å². The molecule has 0 unspecified atom stereocenters. The van der Waals surface area contributed by atoms with E-state index in [1.54, 1.807) is 0 Å². The molecule has 0 saturated heterocycles. The van der Waals surface area contributed by atoms with Gasteiger partial charge in [0, 0.05) is 12.1 Å². The smallest absolute Gasteiger partial charge is 0.132 e. The fourth-order valence-corrected chi connectivity index (χ4v) is 3.01. The normalized spacial score (nSPS) is 10.5. The fraction of sp³-hybridized carbons (Fsp3) is 0.333. The monoisotopic (exact) mass is 271 g/mol. The third-order valence-corrected chi connectivity index (χ3v) is 4.53.